The van der Waals surface area contributed by atoms with Crippen LogP contribution in [0.1, 0.15) is 32.6 Å². The molecule has 5 saturated carbocycles. The van der Waals surface area contributed by atoms with Gasteiger partial charge in [-0.3, -0.25) is 4.90 Å². The highest BCUT2D eigenvalue weighted by Gasteiger charge is 2.88. The summed E-state index contributed by atoms with van der Waals surface area (Å²) in [4.78, 5) is 2.57. The predicted octanol–water partition coefficient (Wildman–Crippen LogP) is 0.646. The van der Waals surface area contributed by atoms with Crippen LogP contribution in [0.4, 0.5) is 0 Å². The lowest BCUT2D eigenvalue weighted by Crippen LogP contribution is -2.75. The highest BCUT2D eigenvalue weighted by Crippen LogP contribution is 2.80. The molecule has 5 aliphatic carbocycles. The zero-order valence-corrected chi connectivity index (χ0v) is 17.1. The monoisotopic (exact) mass is 391 g/mol. The fourth-order valence-corrected chi connectivity index (χ4v) is 10.3. The number of ether oxygens (including phenoxy) is 3. The standard InChI is InChI=1S/C22H33NO5/c1-4-23-9-21-14-6-12-19(23)22(14,15(24)7-16(21)28-21)11-5-10-13(26-2)8-20(12,25)17(11)18(10)27-3/h10-19,24-25H,4-9H2,1-3H3/t10-,11?,12-,13-,14?,15-,16?,17?,18?,19?,20-,21+,22+/m0/s1. The number of piperidine rings is 1. The van der Waals surface area contributed by atoms with Crippen molar-refractivity contribution in [1.29, 1.82) is 0 Å². The Morgan fingerprint density at radius 3 is 2.68 bits per heavy atom. The summed E-state index contributed by atoms with van der Waals surface area (Å²) in [5.41, 5.74) is -0.997. The van der Waals surface area contributed by atoms with Crippen LogP contribution in [0.15, 0.2) is 0 Å². The number of hydrogen-bond acceptors (Lipinski definition) is 6. The number of rotatable bonds is 3. The lowest BCUT2D eigenvalue weighted by Gasteiger charge is -2.65. The van der Waals surface area contributed by atoms with Crippen molar-refractivity contribution in [1.82, 2.24) is 4.90 Å². The van der Waals surface area contributed by atoms with Crippen LogP contribution in [-0.2, 0) is 14.2 Å². The number of likely N-dealkylation sites (tertiary alicyclic amines) is 1. The van der Waals surface area contributed by atoms with Gasteiger partial charge in [0.05, 0.1) is 30.0 Å². The lowest BCUT2D eigenvalue weighted by atomic mass is 9.46. The number of hydrogen-bond donors (Lipinski definition) is 2. The second-order valence-electron chi connectivity index (χ2n) is 10.9. The Morgan fingerprint density at radius 2 is 1.96 bits per heavy atom. The Morgan fingerprint density at radius 1 is 1.14 bits per heavy atom. The Kier molecular flexibility index (Phi) is 3.10. The minimum Gasteiger partial charge on any atom is -0.392 e. The maximum atomic E-state index is 12.3. The maximum Gasteiger partial charge on any atom is 0.111 e. The summed E-state index contributed by atoms with van der Waals surface area (Å²) in [7, 11) is 3.58. The van der Waals surface area contributed by atoms with Gasteiger partial charge in [0.1, 0.15) is 5.60 Å². The molecular weight excluding hydrogens is 358 g/mol. The first kappa shape index (κ1) is 17.4. The molecule has 0 aromatic carbocycles. The van der Waals surface area contributed by atoms with Crippen LogP contribution in [0, 0.1) is 35.0 Å². The average Bonchev–Trinajstić information content (AvgIpc) is 3.14. The van der Waals surface area contributed by atoms with Crippen molar-refractivity contribution in [2.24, 2.45) is 35.0 Å². The minimum absolute atomic E-state index is 0.0308. The average molecular weight is 392 g/mol. The highest BCUT2D eigenvalue weighted by molar-refractivity contribution is 5.37. The number of epoxide rings is 1. The highest BCUT2D eigenvalue weighted by atomic mass is 16.6. The molecule has 2 spiro atoms. The van der Waals surface area contributed by atoms with Crippen LogP contribution >= 0.6 is 0 Å². The minimum atomic E-state index is -0.769. The quantitative estimate of drug-likeness (QED) is 0.688. The molecule has 6 unspecified atom stereocenters. The first-order valence-corrected chi connectivity index (χ1v) is 11.3. The molecule has 6 nitrogen and oxygen atoms in total. The van der Waals surface area contributed by atoms with Crippen LogP contribution in [0.3, 0.4) is 0 Å². The van der Waals surface area contributed by atoms with E-state index in [2.05, 4.69) is 11.8 Å². The van der Waals surface area contributed by atoms with E-state index >= 15 is 0 Å². The molecule has 0 aromatic heterocycles. The van der Waals surface area contributed by atoms with Crippen molar-refractivity contribution < 1.29 is 24.4 Å². The van der Waals surface area contributed by atoms with Crippen molar-refractivity contribution >= 4 is 0 Å². The number of fused-ring (bicyclic) bond motifs is 2. The SMILES string of the molecule is CCN1C[C@]23OC2C[C@H](O)[C@@]24C5C[C@@H]6C(OC)C5[C@](O)(C[C@@H]6OC)[C@@H](CC32)C14. The summed E-state index contributed by atoms with van der Waals surface area (Å²) in [6.45, 7) is 4.16. The van der Waals surface area contributed by atoms with Crippen LogP contribution in [0.2, 0.25) is 0 Å². The zero-order chi connectivity index (χ0) is 19.2. The van der Waals surface area contributed by atoms with E-state index in [4.69, 9.17) is 14.2 Å². The van der Waals surface area contributed by atoms with Gasteiger partial charge in [0.2, 0.25) is 0 Å². The molecule has 2 aliphatic heterocycles. The molecule has 156 valence electrons. The van der Waals surface area contributed by atoms with Gasteiger partial charge in [-0.25, -0.2) is 0 Å². The third-order valence-electron chi connectivity index (χ3n) is 10.9. The third-order valence-corrected chi connectivity index (χ3v) is 10.9. The second-order valence-corrected chi connectivity index (χ2v) is 10.9. The Balaban J connectivity index is 1.47. The van der Waals surface area contributed by atoms with Gasteiger partial charge >= 0.3 is 0 Å². The van der Waals surface area contributed by atoms with Gasteiger partial charge in [-0.2, -0.15) is 0 Å². The topological polar surface area (TPSA) is 74.7 Å². The largest absolute Gasteiger partial charge is 0.392 e. The molecule has 13 atom stereocenters. The molecule has 0 amide bonds. The van der Waals surface area contributed by atoms with E-state index in [0.717, 1.165) is 32.4 Å². The molecule has 0 aromatic rings. The van der Waals surface area contributed by atoms with Crippen LogP contribution in [-0.4, -0.2) is 84.1 Å². The van der Waals surface area contributed by atoms with Crippen LogP contribution in [0.25, 0.3) is 0 Å². The number of methoxy groups -OCH3 is 2. The van der Waals surface area contributed by atoms with Gasteiger partial charge in [-0.05, 0) is 25.3 Å². The fraction of sp³-hybridized carbons (Fsp3) is 1.00. The summed E-state index contributed by atoms with van der Waals surface area (Å²) < 4.78 is 18.4. The van der Waals surface area contributed by atoms with Crippen molar-refractivity contribution in [3.63, 3.8) is 0 Å². The normalized spacial score (nSPS) is 68.0. The molecule has 2 saturated heterocycles. The van der Waals surface area contributed by atoms with Gasteiger partial charge in [0.15, 0.2) is 0 Å². The second kappa shape index (κ2) is 4.97. The van der Waals surface area contributed by atoms with Crippen LogP contribution in [0.5, 0.6) is 0 Å². The lowest BCUT2D eigenvalue weighted by molar-refractivity contribution is -0.254. The molecule has 28 heavy (non-hydrogen) atoms. The van der Waals surface area contributed by atoms with E-state index in [9.17, 15) is 10.2 Å². The molecule has 2 N–H and O–H groups in total. The van der Waals surface area contributed by atoms with E-state index < -0.39 is 5.60 Å². The Bertz CT molecular complexity index is 734. The van der Waals surface area contributed by atoms with Crippen molar-refractivity contribution in [3.05, 3.63) is 0 Å². The Labute approximate surface area is 166 Å². The molecule has 6 heteroatoms. The maximum absolute atomic E-state index is 12.3. The van der Waals surface area contributed by atoms with Crippen molar-refractivity contribution in [3.8, 4) is 0 Å². The summed E-state index contributed by atoms with van der Waals surface area (Å²) >= 11 is 0. The summed E-state index contributed by atoms with van der Waals surface area (Å²) in [5.74, 6) is 1.26. The Hall–Kier alpha value is -0.240. The van der Waals surface area contributed by atoms with Gasteiger partial charge in [-0.15, -0.1) is 0 Å². The first-order valence-electron chi connectivity index (χ1n) is 11.3. The fourth-order valence-electron chi connectivity index (χ4n) is 10.3. The number of likely N-dealkylation sites (N-methyl/N-ethyl adjacent to an activating group) is 1. The third kappa shape index (κ3) is 1.50. The number of aliphatic hydroxyl groups excluding tert-OH is 1. The smallest absolute Gasteiger partial charge is 0.111 e. The summed E-state index contributed by atoms with van der Waals surface area (Å²) in [6, 6.07) is 0.256. The molecule has 7 aliphatic rings. The molecule has 7 rings (SSSR count). The molecule has 7 fully saturated rings. The van der Waals surface area contributed by atoms with Crippen molar-refractivity contribution in [2.75, 3.05) is 27.3 Å². The first-order chi connectivity index (χ1) is 13.5. The predicted molar refractivity (Wildman–Crippen MR) is 99.5 cm³/mol. The van der Waals surface area contributed by atoms with E-state index in [1.165, 1.54) is 0 Å². The summed E-state index contributed by atoms with van der Waals surface area (Å²) in [6.07, 6.45) is 3.41. The van der Waals surface area contributed by atoms with Gasteiger partial charge in [-0.1, -0.05) is 6.92 Å². The zero-order valence-electron chi connectivity index (χ0n) is 17.1. The van der Waals surface area contributed by atoms with Crippen molar-refractivity contribution in [2.45, 2.75) is 74.3 Å². The van der Waals surface area contributed by atoms with E-state index in [0.29, 0.717) is 18.3 Å². The number of nitrogens with zero attached hydrogens (tertiary/aromatic N) is 1. The molecular formula is C22H33NO5. The van der Waals surface area contributed by atoms with Gasteiger partial charge in [0, 0.05) is 68.7 Å². The van der Waals surface area contributed by atoms with E-state index in [-0.39, 0.29) is 59.2 Å². The molecule has 7 bridgehead atoms. The molecule has 0 radical (unpaired) electrons. The molecule has 2 heterocycles. The van der Waals surface area contributed by atoms with E-state index in [1.807, 2.05) is 0 Å². The van der Waals surface area contributed by atoms with Gasteiger partial charge in [0.25, 0.3) is 0 Å². The van der Waals surface area contributed by atoms with Crippen LogP contribution < -0.4 is 0 Å². The van der Waals surface area contributed by atoms with Gasteiger partial charge < -0.3 is 24.4 Å². The summed E-state index contributed by atoms with van der Waals surface area (Å²) in [5, 5.41) is 24.0. The number of aliphatic hydroxyl groups is 2. The van der Waals surface area contributed by atoms with E-state index in [1.54, 1.807) is 14.2 Å².